The zero-order valence-corrected chi connectivity index (χ0v) is 11.6. The van der Waals surface area contributed by atoms with Crippen molar-refractivity contribution in [2.75, 3.05) is 0 Å². The highest BCUT2D eigenvalue weighted by atomic mass is 16.3. The number of hydrogen-bond acceptors (Lipinski definition) is 3. The van der Waals surface area contributed by atoms with Gasteiger partial charge in [0.2, 0.25) is 0 Å². The second-order valence-corrected chi connectivity index (χ2v) is 5.59. The first-order valence-electron chi connectivity index (χ1n) is 7.29. The second kappa shape index (κ2) is 4.93. The SMILES string of the molecule is OC(c1ccc2ncccc2c1)C1CCc2cccnc21. The van der Waals surface area contributed by atoms with E-state index in [1.165, 1.54) is 5.56 Å². The van der Waals surface area contributed by atoms with Gasteiger partial charge in [-0.15, -0.1) is 0 Å². The predicted octanol–water partition coefficient (Wildman–Crippen LogP) is 3.39. The summed E-state index contributed by atoms with van der Waals surface area (Å²) < 4.78 is 0. The van der Waals surface area contributed by atoms with Crippen molar-refractivity contribution in [2.24, 2.45) is 0 Å². The monoisotopic (exact) mass is 276 g/mol. The highest BCUT2D eigenvalue weighted by molar-refractivity contribution is 5.79. The number of aryl methyl sites for hydroxylation is 1. The molecule has 0 amide bonds. The maximum absolute atomic E-state index is 10.8. The Labute approximate surface area is 123 Å². The minimum absolute atomic E-state index is 0.0929. The highest BCUT2D eigenvalue weighted by Crippen LogP contribution is 2.40. The smallest absolute Gasteiger partial charge is 0.0874 e. The molecule has 0 fully saturated rings. The van der Waals surface area contributed by atoms with Crippen molar-refractivity contribution in [3.63, 3.8) is 0 Å². The fourth-order valence-electron chi connectivity index (χ4n) is 3.26. The van der Waals surface area contributed by atoms with Crippen LogP contribution in [0.15, 0.2) is 54.9 Å². The summed E-state index contributed by atoms with van der Waals surface area (Å²) in [7, 11) is 0. The van der Waals surface area contributed by atoms with Crippen molar-refractivity contribution in [2.45, 2.75) is 24.9 Å². The molecule has 0 spiro atoms. The number of aromatic nitrogens is 2. The largest absolute Gasteiger partial charge is 0.388 e. The molecule has 1 N–H and O–H groups in total. The molecule has 3 heteroatoms. The van der Waals surface area contributed by atoms with Crippen molar-refractivity contribution >= 4 is 10.9 Å². The van der Waals surface area contributed by atoms with Gasteiger partial charge in [0.25, 0.3) is 0 Å². The van der Waals surface area contributed by atoms with E-state index in [1.54, 1.807) is 6.20 Å². The van der Waals surface area contributed by atoms with Crippen LogP contribution in [0.3, 0.4) is 0 Å². The van der Waals surface area contributed by atoms with Crippen LogP contribution < -0.4 is 0 Å². The molecule has 3 nitrogen and oxygen atoms in total. The third-order valence-corrected chi connectivity index (χ3v) is 4.35. The molecule has 0 saturated carbocycles. The molecular formula is C18H16N2O. The summed E-state index contributed by atoms with van der Waals surface area (Å²) in [5, 5.41) is 11.8. The van der Waals surface area contributed by atoms with Crippen LogP contribution in [0.4, 0.5) is 0 Å². The van der Waals surface area contributed by atoms with Gasteiger partial charge in [0.05, 0.1) is 11.6 Å². The van der Waals surface area contributed by atoms with E-state index in [4.69, 9.17) is 0 Å². The van der Waals surface area contributed by atoms with E-state index >= 15 is 0 Å². The van der Waals surface area contributed by atoms with Gasteiger partial charge in [-0.2, -0.15) is 0 Å². The van der Waals surface area contributed by atoms with Crippen molar-refractivity contribution in [1.29, 1.82) is 0 Å². The molecule has 2 atom stereocenters. The minimum Gasteiger partial charge on any atom is -0.388 e. The van der Waals surface area contributed by atoms with Crippen LogP contribution in [0.5, 0.6) is 0 Å². The molecule has 104 valence electrons. The normalized spacial score (nSPS) is 18.6. The number of aliphatic hydroxyl groups excluding tert-OH is 1. The third kappa shape index (κ3) is 2.10. The summed E-state index contributed by atoms with van der Waals surface area (Å²) in [6, 6.07) is 14.0. The average Bonchev–Trinajstić information content (AvgIpc) is 2.98. The summed E-state index contributed by atoms with van der Waals surface area (Å²) in [5.74, 6) is 0.0929. The Morgan fingerprint density at radius 2 is 1.90 bits per heavy atom. The summed E-state index contributed by atoms with van der Waals surface area (Å²) in [6.45, 7) is 0. The Kier molecular flexibility index (Phi) is 2.93. The topological polar surface area (TPSA) is 46.0 Å². The van der Waals surface area contributed by atoms with Gasteiger partial charge in [0.1, 0.15) is 0 Å². The molecule has 0 radical (unpaired) electrons. The molecule has 2 aromatic heterocycles. The van der Waals surface area contributed by atoms with Crippen LogP contribution in [0, 0.1) is 0 Å². The highest BCUT2D eigenvalue weighted by Gasteiger charge is 2.30. The summed E-state index contributed by atoms with van der Waals surface area (Å²) >= 11 is 0. The molecule has 1 aliphatic carbocycles. The Hall–Kier alpha value is -2.26. The number of pyridine rings is 2. The van der Waals surface area contributed by atoms with E-state index < -0.39 is 6.10 Å². The lowest BCUT2D eigenvalue weighted by Gasteiger charge is -2.19. The first kappa shape index (κ1) is 12.5. The van der Waals surface area contributed by atoms with Gasteiger partial charge in [-0.05, 0) is 48.2 Å². The van der Waals surface area contributed by atoms with Gasteiger partial charge < -0.3 is 5.11 Å². The summed E-state index contributed by atoms with van der Waals surface area (Å²) in [6.07, 6.45) is 5.05. The van der Waals surface area contributed by atoms with E-state index in [2.05, 4.69) is 16.0 Å². The maximum Gasteiger partial charge on any atom is 0.0874 e. The van der Waals surface area contributed by atoms with Gasteiger partial charge in [-0.25, -0.2) is 0 Å². The Bertz CT molecular complexity index is 800. The molecule has 3 aromatic rings. The maximum atomic E-state index is 10.8. The van der Waals surface area contributed by atoms with E-state index in [1.807, 2.05) is 42.6 Å². The van der Waals surface area contributed by atoms with Gasteiger partial charge in [-0.3, -0.25) is 9.97 Å². The van der Waals surface area contributed by atoms with Crippen molar-refractivity contribution < 1.29 is 5.11 Å². The zero-order chi connectivity index (χ0) is 14.2. The van der Waals surface area contributed by atoms with Crippen LogP contribution >= 0.6 is 0 Å². The number of hydrogen-bond donors (Lipinski definition) is 1. The third-order valence-electron chi connectivity index (χ3n) is 4.35. The number of fused-ring (bicyclic) bond motifs is 2. The molecular weight excluding hydrogens is 260 g/mol. The Morgan fingerprint density at radius 1 is 1.05 bits per heavy atom. The van der Waals surface area contributed by atoms with Gasteiger partial charge in [-0.1, -0.05) is 18.2 Å². The van der Waals surface area contributed by atoms with E-state index in [-0.39, 0.29) is 5.92 Å². The molecule has 0 aliphatic heterocycles. The number of benzene rings is 1. The lowest BCUT2D eigenvalue weighted by molar-refractivity contribution is 0.143. The first-order chi connectivity index (χ1) is 10.3. The quantitative estimate of drug-likeness (QED) is 0.780. The lowest BCUT2D eigenvalue weighted by atomic mass is 9.92. The molecule has 21 heavy (non-hydrogen) atoms. The van der Waals surface area contributed by atoms with Crippen LogP contribution in [-0.2, 0) is 6.42 Å². The zero-order valence-electron chi connectivity index (χ0n) is 11.6. The van der Waals surface area contributed by atoms with Crippen LogP contribution in [0.2, 0.25) is 0 Å². The molecule has 0 bridgehead atoms. The molecule has 4 rings (SSSR count). The van der Waals surface area contributed by atoms with Crippen LogP contribution in [0.1, 0.15) is 35.3 Å². The van der Waals surface area contributed by atoms with Gasteiger partial charge in [0.15, 0.2) is 0 Å². The lowest BCUT2D eigenvalue weighted by Crippen LogP contribution is -2.09. The number of aliphatic hydroxyl groups is 1. The molecule has 2 heterocycles. The van der Waals surface area contributed by atoms with Gasteiger partial charge in [0, 0.05) is 29.4 Å². The van der Waals surface area contributed by atoms with Crippen molar-refractivity contribution in [1.82, 2.24) is 9.97 Å². The minimum atomic E-state index is -0.509. The Morgan fingerprint density at radius 3 is 2.86 bits per heavy atom. The molecule has 1 aliphatic rings. The molecule has 1 aromatic carbocycles. The fourth-order valence-corrected chi connectivity index (χ4v) is 3.26. The second-order valence-electron chi connectivity index (χ2n) is 5.59. The average molecular weight is 276 g/mol. The summed E-state index contributed by atoms with van der Waals surface area (Å²) in [4.78, 5) is 8.80. The fraction of sp³-hybridized carbons (Fsp3) is 0.222. The van der Waals surface area contributed by atoms with Crippen LogP contribution in [-0.4, -0.2) is 15.1 Å². The first-order valence-corrected chi connectivity index (χ1v) is 7.29. The standard InChI is InChI=1S/C18H16N2O/c21-18(15-7-5-12-3-1-10-20-17(12)15)14-6-8-16-13(11-14)4-2-9-19-16/h1-4,6,8-11,15,18,21H,5,7H2. The van der Waals surface area contributed by atoms with Crippen LogP contribution in [0.25, 0.3) is 10.9 Å². The summed E-state index contributed by atoms with van der Waals surface area (Å²) in [5.41, 5.74) is 4.22. The molecule has 2 unspecified atom stereocenters. The van der Waals surface area contributed by atoms with E-state index in [9.17, 15) is 5.11 Å². The van der Waals surface area contributed by atoms with E-state index in [0.717, 1.165) is 35.0 Å². The van der Waals surface area contributed by atoms with Gasteiger partial charge >= 0.3 is 0 Å². The molecule has 0 saturated heterocycles. The van der Waals surface area contributed by atoms with Crippen molar-refractivity contribution in [3.05, 3.63) is 71.7 Å². The Balaban J connectivity index is 1.72. The van der Waals surface area contributed by atoms with E-state index in [0.29, 0.717) is 0 Å². The van der Waals surface area contributed by atoms with Crippen molar-refractivity contribution in [3.8, 4) is 0 Å². The number of rotatable bonds is 2. The predicted molar refractivity (Wildman–Crippen MR) is 82.0 cm³/mol. The number of nitrogens with zero attached hydrogens (tertiary/aromatic N) is 2.